The number of hydrogen-bond acceptors (Lipinski definition) is 3. The standard InChI is InChI=1S/C12H7Cl4O3P/c13-7-1-8(14)4-11(3-7)18-20(17)19-12-5-9(15)2-10(16)6-12/h1-6,20H. The molecule has 0 aliphatic carbocycles. The molecule has 2 rings (SSSR count). The molecule has 0 aliphatic heterocycles. The van der Waals surface area contributed by atoms with Crippen molar-refractivity contribution in [3.8, 4) is 11.5 Å². The van der Waals surface area contributed by atoms with Gasteiger partial charge in [-0.3, -0.25) is 0 Å². The molecule has 0 N–H and O–H groups in total. The third-order valence-electron chi connectivity index (χ3n) is 2.07. The molecule has 0 spiro atoms. The molecule has 0 atom stereocenters. The highest BCUT2D eigenvalue weighted by molar-refractivity contribution is 7.34. The summed E-state index contributed by atoms with van der Waals surface area (Å²) in [7, 11) is -2.84. The molecular formula is C12H7Cl4O3P. The van der Waals surface area contributed by atoms with E-state index in [0.29, 0.717) is 20.1 Å². The van der Waals surface area contributed by atoms with Gasteiger partial charge in [0.05, 0.1) is 0 Å². The highest BCUT2D eigenvalue weighted by Crippen LogP contribution is 2.35. The number of rotatable bonds is 4. The summed E-state index contributed by atoms with van der Waals surface area (Å²) in [5.74, 6) is 0.499. The largest absolute Gasteiger partial charge is 0.418 e. The Morgan fingerprint density at radius 1 is 0.650 bits per heavy atom. The summed E-state index contributed by atoms with van der Waals surface area (Å²) in [5.41, 5.74) is 0. The van der Waals surface area contributed by atoms with Crippen LogP contribution in [-0.2, 0) is 4.57 Å². The molecule has 0 radical (unpaired) electrons. The van der Waals surface area contributed by atoms with Gasteiger partial charge in [0, 0.05) is 20.1 Å². The summed E-state index contributed by atoms with van der Waals surface area (Å²) in [4.78, 5) is 0. The molecule has 0 saturated carbocycles. The molecule has 106 valence electrons. The van der Waals surface area contributed by atoms with Crippen LogP contribution in [0.5, 0.6) is 11.5 Å². The van der Waals surface area contributed by atoms with Crippen molar-refractivity contribution in [2.75, 3.05) is 0 Å². The van der Waals surface area contributed by atoms with Gasteiger partial charge in [0.25, 0.3) is 0 Å². The van der Waals surface area contributed by atoms with E-state index < -0.39 is 8.25 Å². The van der Waals surface area contributed by atoms with Crippen LogP contribution in [0.2, 0.25) is 20.1 Å². The zero-order valence-corrected chi connectivity index (χ0v) is 13.7. The Bertz CT molecular complexity index is 567. The van der Waals surface area contributed by atoms with Crippen molar-refractivity contribution in [2.24, 2.45) is 0 Å². The van der Waals surface area contributed by atoms with Gasteiger partial charge in [-0.05, 0) is 36.4 Å². The average molecular weight is 372 g/mol. The maximum atomic E-state index is 11.8. The molecular weight excluding hydrogens is 365 g/mol. The first-order valence-corrected chi connectivity index (χ1v) is 7.98. The minimum Gasteiger partial charge on any atom is -0.418 e. The first-order valence-electron chi connectivity index (χ1n) is 5.24. The van der Waals surface area contributed by atoms with Crippen molar-refractivity contribution in [2.45, 2.75) is 0 Å². The van der Waals surface area contributed by atoms with Crippen molar-refractivity contribution in [3.05, 3.63) is 56.5 Å². The van der Waals surface area contributed by atoms with Crippen LogP contribution in [0.4, 0.5) is 0 Å². The van der Waals surface area contributed by atoms with E-state index in [9.17, 15) is 4.57 Å². The van der Waals surface area contributed by atoms with Gasteiger partial charge >= 0.3 is 8.25 Å². The van der Waals surface area contributed by atoms with E-state index in [4.69, 9.17) is 55.5 Å². The maximum Gasteiger partial charge on any atom is 0.418 e. The molecule has 0 aromatic heterocycles. The number of hydrogen-bond donors (Lipinski definition) is 0. The molecule has 0 aliphatic rings. The molecule has 0 heterocycles. The normalized spacial score (nSPS) is 10.7. The van der Waals surface area contributed by atoms with Crippen molar-refractivity contribution in [1.29, 1.82) is 0 Å². The van der Waals surface area contributed by atoms with Crippen LogP contribution in [0.3, 0.4) is 0 Å². The minimum atomic E-state index is -2.84. The minimum absolute atomic E-state index is 0.250. The van der Waals surface area contributed by atoms with Crippen LogP contribution in [-0.4, -0.2) is 0 Å². The van der Waals surface area contributed by atoms with Gasteiger partial charge in [-0.25, -0.2) is 4.57 Å². The molecule has 8 heteroatoms. The quantitative estimate of drug-likeness (QED) is 0.605. The van der Waals surface area contributed by atoms with Crippen LogP contribution < -0.4 is 9.05 Å². The van der Waals surface area contributed by atoms with Gasteiger partial charge in [0.1, 0.15) is 11.5 Å². The van der Waals surface area contributed by atoms with Gasteiger partial charge in [-0.1, -0.05) is 46.4 Å². The fraction of sp³-hybridized carbons (Fsp3) is 0. The van der Waals surface area contributed by atoms with E-state index in [-0.39, 0.29) is 11.5 Å². The summed E-state index contributed by atoms with van der Waals surface area (Å²) >= 11 is 23.2. The van der Waals surface area contributed by atoms with Crippen LogP contribution in [0, 0.1) is 0 Å². The molecule has 0 unspecified atom stereocenters. The van der Waals surface area contributed by atoms with Crippen molar-refractivity contribution in [1.82, 2.24) is 0 Å². The summed E-state index contributed by atoms with van der Waals surface area (Å²) < 4.78 is 22.1. The van der Waals surface area contributed by atoms with E-state index in [1.54, 1.807) is 0 Å². The maximum absolute atomic E-state index is 11.8. The van der Waals surface area contributed by atoms with Crippen molar-refractivity contribution >= 4 is 54.7 Å². The van der Waals surface area contributed by atoms with Gasteiger partial charge in [0.2, 0.25) is 0 Å². The van der Waals surface area contributed by atoms with Crippen LogP contribution in [0.1, 0.15) is 0 Å². The lowest BCUT2D eigenvalue weighted by Crippen LogP contribution is -1.89. The molecule has 0 fully saturated rings. The molecule has 20 heavy (non-hydrogen) atoms. The van der Waals surface area contributed by atoms with E-state index in [2.05, 4.69) is 0 Å². The second-order valence-electron chi connectivity index (χ2n) is 3.66. The first-order chi connectivity index (χ1) is 9.42. The monoisotopic (exact) mass is 370 g/mol. The predicted octanol–water partition coefficient (Wildman–Crippen LogP) is 6.15. The molecule has 2 aromatic rings. The van der Waals surface area contributed by atoms with E-state index in [1.807, 2.05) is 0 Å². The third-order valence-corrected chi connectivity index (χ3v) is 3.75. The third kappa shape index (κ3) is 4.76. The van der Waals surface area contributed by atoms with Gasteiger partial charge in [0.15, 0.2) is 0 Å². The summed E-state index contributed by atoms with van der Waals surface area (Å²) in [6.45, 7) is 0. The van der Waals surface area contributed by atoms with E-state index in [0.717, 1.165) is 0 Å². The van der Waals surface area contributed by atoms with E-state index in [1.165, 1.54) is 36.4 Å². The highest BCUT2D eigenvalue weighted by atomic mass is 35.5. The van der Waals surface area contributed by atoms with Crippen LogP contribution >= 0.6 is 54.7 Å². The zero-order valence-electron chi connectivity index (χ0n) is 9.70. The van der Waals surface area contributed by atoms with Crippen LogP contribution in [0.15, 0.2) is 36.4 Å². The smallest absolute Gasteiger partial charge is 0.418 e. The van der Waals surface area contributed by atoms with Gasteiger partial charge in [-0.2, -0.15) is 0 Å². The molecule has 3 nitrogen and oxygen atoms in total. The Labute approximate surface area is 136 Å². The Hall–Kier alpha value is -0.570. The first kappa shape index (κ1) is 15.8. The Morgan fingerprint density at radius 2 is 0.950 bits per heavy atom. The molecule has 0 bridgehead atoms. The molecule has 0 saturated heterocycles. The lowest BCUT2D eigenvalue weighted by molar-refractivity contribution is 0.415. The van der Waals surface area contributed by atoms with Gasteiger partial charge < -0.3 is 9.05 Å². The zero-order chi connectivity index (χ0) is 14.7. The summed E-state index contributed by atoms with van der Waals surface area (Å²) in [6.07, 6.45) is 0. The Balaban J connectivity index is 2.08. The molecule has 2 aromatic carbocycles. The fourth-order valence-electron chi connectivity index (χ4n) is 1.39. The average Bonchev–Trinajstić information content (AvgIpc) is 2.24. The predicted molar refractivity (Wildman–Crippen MR) is 83.2 cm³/mol. The number of halogens is 4. The lowest BCUT2D eigenvalue weighted by Gasteiger charge is -2.09. The van der Waals surface area contributed by atoms with E-state index >= 15 is 0 Å². The SMILES string of the molecule is O=[PH](Oc1cc(Cl)cc(Cl)c1)Oc1cc(Cl)cc(Cl)c1. The van der Waals surface area contributed by atoms with Crippen molar-refractivity contribution in [3.63, 3.8) is 0 Å². The fourth-order valence-corrected chi connectivity index (χ4v) is 3.06. The van der Waals surface area contributed by atoms with Gasteiger partial charge in [-0.15, -0.1) is 0 Å². The topological polar surface area (TPSA) is 35.5 Å². The highest BCUT2D eigenvalue weighted by Gasteiger charge is 2.08. The second-order valence-corrected chi connectivity index (χ2v) is 6.32. The Kier molecular flexibility index (Phi) is 5.48. The van der Waals surface area contributed by atoms with Crippen molar-refractivity contribution < 1.29 is 13.6 Å². The lowest BCUT2D eigenvalue weighted by atomic mass is 10.3. The second kappa shape index (κ2) is 6.93. The summed E-state index contributed by atoms with van der Waals surface area (Å²) in [5, 5.41) is 1.47. The Morgan fingerprint density at radius 3 is 1.25 bits per heavy atom. The molecule has 0 amide bonds. The van der Waals surface area contributed by atoms with Crippen LogP contribution in [0.25, 0.3) is 0 Å². The number of benzene rings is 2. The summed E-state index contributed by atoms with van der Waals surface area (Å²) in [6, 6.07) is 8.97.